The van der Waals surface area contributed by atoms with Gasteiger partial charge in [-0.15, -0.1) is 0 Å². The first kappa shape index (κ1) is 16.8. The smallest absolute Gasteiger partial charge is 0.330 e. The third-order valence-electron chi connectivity index (χ3n) is 1.36. The maximum absolute atomic E-state index is 10.3. The minimum atomic E-state index is -0.900. The molecule has 16 heavy (non-hydrogen) atoms. The summed E-state index contributed by atoms with van der Waals surface area (Å²) in [4.78, 5) is 20.1. The number of esters is 1. The van der Waals surface area contributed by atoms with Gasteiger partial charge in [-0.25, -0.2) is 9.59 Å². The van der Waals surface area contributed by atoms with Gasteiger partial charge in [0, 0.05) is 11.6 Å². The molecule has 5 heteroatoms. The summed E-state index contributed by atoms with van der Waals surface area (Å²) < 4.78 is 4.45. The Hall–Kier alpha value is -1.62. The Morgan fingerprint density at radius 3 is 2.19 bits per heavy atom. The maximum atomic E-state index is 10.3. The Balaban J connectivity index is 0. The van der Waals surface area contributed by atoms with Crippen molar-refractivity contribution in [2.75, 3.05) is 6.61 Å². The van der Waals surface area contributed by atoms with Crippen molar-refractivity contribution in [3.63, 3.8) is 0 Å². The van der Waals surface area contributed by atoms with Crippen molar-refractivity contribution >= 4 is 11.9 Å². The highest BCUT2D eigenvalue weighted by molar-refractivity contribution is 5.85. The third-order valence-corrected chi connectivity index (χ3v) is 1.36. The normalized spacial score (nSPS) is 10.4. The van der Waals surface area contributed by atoms with E-state index in [1.807, 2.05) is 0 Å². The molecule has 0 aliphatic carbocycles. The van der Waals surface area contributed by atoms with Gasteiger partial charge in [-0.05, 0) is 13.3 Å². The molecule has 0 rings (SSSR count). The number of carboxylic acid groups (broad SMARTS) is 1. The van der Waals surface area contributed by atoms with Gasteiger partial charge in [0.2, 0.25) is 0 Å². The van der Waals surface area contributed by atoms with Crippen LogP contribution in [0.3, 0.4) is 0 Å². The molecule has 0 fully saturated rings. The second-order valence-corrected chi connectivity index (χ2v) is 2.95. The summed E-state index contributed by atoms with van der Waals surface area (Å²) in [6, 6.07) is 0. The highest BCUT2D eigenvalue weighted by atomic mass is 16.5. The van der Waals surface area contributed by atoms with Gasteiger partial charge in [0.05, 0.1) is 6.10 Å². The van der Waals surface area contributed by atoms with Gasteiger partial charge in [-0.2, -0.15) is 0 Å². The molecule has 0 heterocycles. The summed E-state index contributed by atoms with van der Waals surface area (Å²) in [6.07, 6.45) is 0.978. The highest BCUT2D eigenvalue weighted by Gasteiger charge is 1.98. The van der Waals surface area contributed by atoms with Crippen molar-refractivity contribution in [3.05, 3.63) is 24.8 Å². The van der Waals surface area contributed by atoms with Crippen LogP contribution in [0.4, 0.5) is 0 Å². The Morgan fingerprint density at radius 2 is 2.00 bits per heavy atom. The number of aliphatic hydroxyl groups excluding tert-OH is 1. The fraction of sp³-hybridized carbons (Fsp3) is 0.455. The quantitative estimate of drug-likeness (QED) is 0.546. The predicted octanol–water partition coefficient (Wildman–Crippen LogP) is 1.13. The van der Waals surface area contributed by atoms with Crippen LogP contribution >= 0.6 is 0 Å². The zero-order valence-corrected chi connectivity index (χ0v) is 9.60. The molecule has 1 atom stereocenters. The highest BCUT2D eigenvalue weighted by Crippen LogP contribution is 1.93. The van der Waals surface area contributed by atoms with Gasteiger partial charge >= 0.3 is 11.9 Å². The summed E-state index contributed by atoms with van der Waals surface area (Å²) in [6.45, 7) is 9.79. The number of aliphatic carboxylic acids is 1. The first-order chi connectivity index (χ1) is 7.34. The van der Waals surface area contributed by atoms with Crippen molar-refractivity contribution in [3.8, 4) is 0 Å². The molecule has 0 saturated heterocycles. The van der Waals surface area contributed by atoms with Gasteiger partial charge in [0.25, 0.3) is 0 Å². The Morgan fingerprint density at radius 1 is 1.50 bits per heavy atom. The van der Waals surface area contributed by atoms with Crippen molar-refractivity contribution in [2.45, 2.75) is 26.4 Å². The van der Waals surface area contributed by atoms with Crippen LogP contribution in [0.15, 0.2) is 24.8 Å². The average molecular weight is 230 g/mol. The van der Waals surface area contributed by atoms with Gasteiger partial charge in [0.1, 0.15) is 6.61 Å². The average Bonchev–Trinajstić information content (AvgIpc) is 2.25. The lowest BCUT2D eigenvalue weighted by atomic mass is 10.2. The Labute approximate surface area is 95.0 Å². The van der Waals surface area contributed by atoms with Crippen LogP contribution < -0.4 is 0 Å². The lowest BCUT2D eigenvalue weighted by molar-refractivity contribution is -0.140. The molecular formula is C11H18O5. The van der Waals surface area contributed by atoms with E-state index in [-0.39, 0.29) is 12.2 Å². The predicted molar refractivity (Wildman–Crippen MR) is 59.9 cm³/mol. The minimum Gasteiger partial charge on any atom is -0.478 e. The lowest BCUT2D eigenvalue weighted by Crippen LogP contribution is -2.13. The summed E-state index contributed by atoms with van der Waals surface area (Å²) in [7, 11) is 0. The van der Waals surface area contributed by atoms with Gasteiger partial charge in [0.15, 0.2) is 0 Å². The van der Waals surface area contributed by atoms with E-state index < -0.39 is 18.0 Å². The molecule has 0 aromatic carbocycles. The third kappa shape index (κ3) is 12.4. The van der Waals surface area contributed by atoms with Crippen LogP contribution in [-0.2, 0) is 14.3 Å². The van der Waals surface area contributed by atoms with E-state index in [4.69, 9.17) is 10.2 Å². The molecule has 1 unspecified atom stereocenters. The molecular weight excluding hydrogens is 212 g/mol. The summed E-state index contributed by atoms with van der Waals surface area (Å²) in [5.74, 6) is -1.40. The fourth-order valence-corrected chi connectivity index (χ4v) is 0.413. The van der Waals surface area contributed by atoms with Crippen LogP contribution in [0.5, 0.6) is 0 Å². The van der Waals surface area contributed by atoms with E-state index in [9.17, 15) is 9.59 Å². The second kappa shape index (κ2) is 9.92. The van der Waals surface area contributed by atoms with E-state index in [0.29, 0.717) is 6.42 Å². The molecule has 0 aliphatic heterocycles. The van der Waals surface area contributed by atoms with Crippen molar-refractivity contribution in [2.24, 2.45) is 0 Å². The number of carboxylic acids is 1. The Bertz CT molecular complexity index is 255. The van der Waals surface area contributed by atoms with E-state index >= 15 is 0 Å². The number of carbonyl (C=O) groups excluding carboxylic acids is 1. The van der Waals surface area contributed by atoms with E-state index in [1.54, 1.807) is 6.92 Å². The van der Waals surface area contributed by atoms with E-state index in [1.165, 1.54) is 6.92 Å². The number of rotatable bonds is 5. The molecule has 0 aromatic rings. The largest absolute Gasteiger partial charge is 0.478 e. The topological polar surface area (TPSA) is 83.8 Å². The van der Waals surface area contributed by atoms with E-state index in [0.717, 1.165) is 6.08 Å². The molecule has 0 spiro atoms. The number of hydrogen-bond acceptors (Lipinski definition) is 4. The number of aliphatic hydroxyl groups is 1. The van der Waals surface area contributed by atoms with Crippen LogP contribution in [0, 0.1) is 0 Å². The molecule has 0 saturated carbocycles. The van der Waals surface area contributed by atoms with Crippen LogP contribution in [0.1, 0.15) is 20.3 Å². The Kier molecular flexibility index (Phi) is 10.4. The lowest BCUT2D eigenvalue weighted by Gasteiger charge is -2.02. The molecule has 2 N–H and O–H groups in total. The molecule has 0 radical (unpaired) electrons. The summed E-state index contributed by atoms with van der Waals surface area (Å²) in [5.41, 5.74) is 0.264. The first-order valence-electron chi connectivity index (χ1n) is 4.73. The standard InChI is InChI=1S/C6H10O3.C5H8O2/c1-3-6(8)9-4-5(2)7;1-3-4(2)5(6)7/h3,5,7H,1,4H2,2H3;2-3H2,1H3,(H,6,7). The van der Waals surface area contributed by atoms with Gasteiger partial charge in [-0.3, -0.25) is 0 Å². The minimum absolute atomic E-state index is 0.0326. The number of hydrogen-bond donors (Lipinski definition) is 2. The van der Waals surface area contributed by atoms with Gasteiger partial charge < -0.3 is 14.9 Å². The van der Waals surface area contributed by atoms with E-state index in [2.05, 4.69) is 17.9 Å². The molecule has 0 amide bonds. The van der Waals surface area contributed by atoms with Crippen molar-refractivity contribution in [1.82, 2.24) is 0 Å². The summed E-state index contributed by atoms with van der Waals surface area (Å²) >= 11 is 0. The first-order valence-corrected chi connectivity index (χ1v) is 4.73. The molecule has 5 nitrogen and oxygen atoms in total. The molecule has 0 aromatic heterocycles. The van der Waals surface area contributed by atoms with Crippen molar-refractivity contribution < 1.29 is 24.5 Å². The zero-order chi connectivity index (χ0) is 13.1. The van der Waals surface area contributed by atoms with Crippen LogP contribution in [0.2, 0.25) is 0 Å². The molecule has 0 aliphatic rings. The second-order valence-electron chi connectivity index (χ2n) is 2.95. The maximum Gasteiger partial charge on any atom is 0.330 e. The summed E-state index contributed by atoms with van der Waals surface area (Å²) in [5, 5.41) is 16.7. The molecule has 92 valence electrons. The molecule has 0 bridgehead atoms. The number of carbonyl (C=O) groups is 2. The number of ether oxygens (including phenoxy) is 1. The van der Waals surface area contributed by atoms with Gasteiger partial charge in [-0.1, -0.05) is 20.1 Å². The zero-order valence-electron chi connectivity index (χ0n) is 9.60. The van der Waals surface area contributed by atoms with Crippen molar-refractivity contribution in [1.29, 1.82) is 0 Å². The SMILES string of the molecule is C=C(CC)C(=O)O.C=CC(=O)OCC(C)O. The fourth-order valence-electron chi connectivity index (χ4n) is 0.413. The van der Waals surface area contributed by atoms with Crippen LogP contribution in [-0.4, -0.2) is 34.9 Å². The van der Waals surface area contributed by atoms with Crippen LogP contribution in [0.25, 0.3) is 0 Å². The monoisotopic (exact) mass is 230 g/mol.